The van der Waals surface area contributed by atoms with E-state index in [4.69, 9.17) is 0 Å². The second kappa shape index (κ2) is 8.66. The van der Waals surface area contributed by atoms with Crippen LogP contribution < -0.4 is 10.9 Å². The van der Waals surface area contributed by atoms with Crippen LogP contribution in [-0.2, 0) is 11.3 Å². The largest absolute Gasteiger partial charge is 0.405 e. The van der Waals surface area contributed by atoms with Crippen molar-refractivity contribution >= 4 is 34.3 Å². The maximum atomic E-state index is 13.0. The molecule has 7 nitrogen and oxygen atoms in total. The third-order valence-corrected chi connectivity index (χ3v) is 5.57. The molecule has 1 aromatic carbocycles. The van der Waals surface area contributed by atoms with Crippen LogP contribution >= 0.6 is 11.8 Å². The summed E-state index contributed by atoms with van der Waals surface area (Å²) in [6.07, 6.45) is -3.72. The first-order chi connectivity index (χ1) is 14.1. The van der Waals surface area contributed by atoms with Crippen molar-refractivity contribution < 1.29 is 18.0 Å². The van der Waals surface area contributed by atoms with E-state index < -0.39 is 23.9 Å². The summed E-state index contributed by atoms with van der Waals surface area (Å²) in [5.74, 6) is -0.0474. The molecule has 0 aliphatic heterocycles. The number of amides is 1. The minimum Gasteiger partial charge on any atom is -0.346 e. The zero-order valence-corrected chi connectivity index (χ0v) is 17.5. The number of benzene rings is 1. The summed E-state index contributed by atoms with van der Waals surface area (Å²) in [5.41, 5.74) is 0.396. The van der Waals surface area contributed by atoms with Crippen molar-refractivity contribution in [3.8, 4) is 0 Å². The summed E-state index contributed by atoms with van der Waals surface area (Å²) in [6.45, 7) is 4.66. The molecule has 30 heavy (non-hydrogen) atoms. The summed E-state index contributed by atoms with van der Waals surface area (Å²) >= 11 is 0.987. The fourth-order valence-electron chi connectivity index (χ4n) is 2.94. The molecular formula is C19H22F3N5O2S. The Morgan fingerprint density at radius 3 is 2.57 bits per heavy atom. The first kappa shape index (κ1) is 22.1. The summed E-state index contributed by atoms with van der Waals surface area (Å²) in [6, 6.07) is 6.98. The molecule has 0 fully saturated rings. The minimum atomic E-state index is -4.48. The van der Waals surface area contributed by atoms with Crippen LogP contribution in [0.4, 0.5) is 13.2 Å². The fourth-order valence-corrected chi connectivity index (χ4v) is 3.82. The number of carbonyl (C=O) groups excluding carboxylic acids is 1. The van der Waals surface area contributed by atoms with Gasteiger partial charge < -0.3 is 5.32 Å². The van der Waals surface area contributed by atoms with Gasteiger partial charge in [-0.2, -0.15) is 13.2 Å². The number of carbonyl (C=O) groups is 1. The molecule has 1 amide bonds. The molecule has 1 unspecified atom stereocenters. The molecular weight excluding hydrogens is 419 g/mol. The number of para-hydroxylation sites is 1. The van der Waals surface area contributed by atoms with E-state index in [1.165, 1.54) is 6.92 Å². The predicted molar refractivity (Wildman–Crippen MR) is 109 cm³/mol. The monoisotopic (exact) mass is 441 g/mol. The highest BCUT2D eigenvalue weighted by molar-refractivity contribution is 8.00. The average Bonchev–Trinajstić information content (AvgIpc) is 3.08. The zero-order valence-electron chi connectivity index (χ0n) is 16.7. The van der Waals surface area contributed by atoms with E-state index in [9.17, 15) is 22.8 Å². The lowest BCUT2D eigenvalue weighted by atomic mass is 10.1. The Morgan fingerprint density at radius 2 is 1.90 bits per heavy atom. The van der Waals surface area contributed by atoms with Gasteiger partial charge in [0, 0.05) is 6.54 Å². The van der Waals surface area contributed by atoms with Crippen LogP contribution in [0.15, 0.2) is 34.2 Å². The maximum absolute atomic E-state index is 13.0. The van der Waals surface area contributed by atoms with E-state index in [0.717, 1.165) is 18.2 Å². The second-order valence-corrected chi connectivity index (χ2v) is 8.68. The van der Waals surface area contributed by atoms with Gasteiger partial charge >= 0.3 is 6.18 Å². The number of hydrogen-bond donors (Lipinski definition) is 1. The van der Waals surface area contributed by atoms with Crippen LogP contribution in [-0.4, -0.2) is 43.0 Å². The van der Waals surface area contributed by atoms with E-state index >= 15 is 0 Å². The lowest BCUT2D eigenvalue weighted by molar-refractivity contribution is -0.137. The second-order valence-electron chi connectivity index (χ2n) is 7.37. The first-order valence-electron chi connectivity index (χ1n) is 9.46. The Labute approximate surface area is 174 Å². The standard InChI is InChI=1S/C19H22F3N5O2S/c1-11(2)8-9-26-16(29)13-6-4-5-7-14(13)27-17(26)24-25-18(27)30-12(3)15(28)23-10-19(20,21)22/h4-7,11-12H,8-10H2,1-3H3,(H,23,28). The Kier molecular flexibility index (Phi) is 6.39. The lowest BCUT2D eigenvalue weighted by Crippen LogP contribution is -2.38. The molecule has 0 radical (unpaired) electrons. The molecule has 0 aliphatic rings. The molecule has 0 aliphatic carbocycles. The van der Waals surface area contributed by atoms with Gasteiger partial charge in [0.05, 0.1) is 16.2 Å². The normalized spacial score (nSPS) is 13.3. The van der Waals surface area contributed by atoms with E-state index in [1.54, 1.807) is 33.2 Å². The third kappa shape index (κ3) is 4.77. The van der Waals surface area contributed by atoms with Crippen molar-refractivity contribution in [2.45, 2.75) is 50.3 Å². The van der Waals surface area contributed by atoms with Crippen LogP contribution in [0.3, 0.4) is 0 Å². The first-order valence-corrected chi connectivity index (χ1v) is 10.3. The van der Waals surface area contributed by atoms with Gasteiger partial charge in [0.15, 0.2) is 5.16 Å². The zero-order chi connectivity index (χ0) is 22.1. The Hall–Kier alpha value is -2.56. The summed E-state index contributed by atoms with van der Waals surface area (Å²) < 4.78 is 40.3. The molecule has 162 valence electrons. The van der Waals surface area contributed by atoms with Crippen molar-refractivity contribution in [1.82, 2.24) is 24.5 Å². The smallest absolute Gasteiger partial charge is 0.346 e. The topological polar surface area (TPSA) is 81.3 Å². The van der Waals surface area contributed by atoms with Gasteiger partial charge in [-0.05, 0) is 31.4 Å². The average molecular weight is 441 g/mol. The molecule has 3 aromatic rings. The SMILES string of the molecule is CC(C)CCn1c(=O)c2ccccc2n2c(SC(C)C(=O)NCC(F)(F)F)nnc12. The van der Waals surface area contributed by atoms with Gasteiger partial charge in [0.25, 0.3) is 5.56 Å². The van der Waals surface area contributed by atoms with Gasteiger partial charge in [0.1, 0.15) is 6.54 Å². The number of aryl methyl sites for hydroxylation is 1. The lowest BCUT2D eigenvalue weighted by Gasteiger charge is -2.14. The number of hydrogen-bond acceptors (Lipinski definition) is 5. The fraction of sp³-hybridized carbons (Fsp3) is 0.474. The highest BCUT2D eigenvalue weighted by Crippen LogP contribution is 2.25. The number of nitrogens with one attached hydrogen (secondary N) is 1. The highest BCUT2D eigenvalue weighted by Gasteiger charge is 2.29. The van der Waals surface area contributed by atoms with Gasteiger partial charge in [-0.15, -0.1) is 10.2 Å². The number of halogens is 3. The molecule has 1 N–H and O–H groups in total. The Balaban J connectivity index is 2.01. The Bertz CT molecular complexity index is 1120. The van der Waals surface area contributed by atoms with Crippen molar-refractivity contribution in [2.75, 3.05) is 6.54 Å². The number of aromatic nitrogens is 4. The number of thioether (sulfide) groups is 1. The van der Waals surface area contributed by atoms with Gasteiger partial charge in [-0.1, -0.05) is 37.7 Å². The molecule has 0 spiro atoms. The predicted octanol–water partition coefficient (Wildman–Crippen LogP) is 3.25. The van der Waals surface area contributed by atoms with Crippen LogP contribution in [0.2, 0.25) is 0 Å². The number of fused-ring (bicyclic) bond motifs is 3. The molecule has 0 saturated heterocycles. The van der Waals surface area contributed by atoms with E-state index in [2.05, 4.69) is 24.0 Å². The number of alkyl halides is 3. The van der Waals surface area contributed by atoms with Crippen molar-refractivity contribution in [2.24, 2.45) is 5.92 Å². The van der Waals surface area contributed by atoms with Crippen LogP contribution in [0.25, 0.3) is 16.7 Å². The molecule has 3 rings (SSSR count). The van der Waals surface area contributed by atoms with E-state index in [1.807, 2.05) is 5.32 Å². The van der Waals surface area contributed by atoms with Crippen molar-refractivity contribution in [3.05, 3.63) is 34.6 Å². The molecule has 0 bridgehead atoms. The van der Waals surface area contributed by atoms with Gasteiger partial charge in [-0.25, -0.2) is 0 Å². The van der Waals surface area contributed by atoms with Crippen LogP contribution in [0.5, 0.6) is 0 Å². The van der Waals surface area contributed by atoms with E-state index in [0.29, 0.717) is 34.3 Å². The molecule has 2 aromatic heterocycles. The molecule has 11 heteroatoms. The summed E-state index contributed by atoms with van der Waals surface area (Å²) in [7, 11) is 0. The highest BCUT2D eigenvalue weighted by atomic mass is 32.2. The summed E-state index contributed by atoms with van der Waals surface area (Å²) in [5, 5.41) is 10.1. The summed E-state index contributed by atoms with van der Waals surface area (Å²) in [4.78, 5) is 25.0. The maximum Gasteiger partial charge on any atom is 0.405 e. The van der Waals surface area contributed by atoms with E-state index in [-0.39, 0.29) is 5.56 Å². The Morgan fingerprint density at radius 1 is 1.20 bits per heavy atom. The van der Waals surface area contributed by atoms with Crippen molar-refractivity contribution in [3.63, 3.8) is 0 Å². The molecule has 1 atom stereocenters. The number of nitrogens with zero attached hydrogens (tertiary/aromatic N) is 4. The van der Waals surface area contributed by atoms with Crippen LogP contribution in [0, 0.1) is 5.92 Å². The van der Waals surface area contributed by atoms with Crippen LogP contribution in [0.1, 0.15) is 27.2 Å². The quantitative estimate of drug-likeness (QED) is 0.570. The van der Waals surface area contributed by atoms with Gasteiger partial charge in [-0.3, -0.25) is 18.6 Å². The van der Waals surface area contributed by atoms with Gasteiger partial charge in [0.2, 0.25) is 11.7 Å². The molecule has 2 heterocycles. The van der Waals surface area contributed by atoms with Crippen molar-refractivity contribution in [1.29, 1.82) is 0 Å². The minimum absolute atomic E-state index is 0.182. The number of rotatable bonds is 7. The third-order valence-electron chi connectivity index (χ3n) is 4.52. The molecule has 0 saturated carbocycles.